The Labute approximate surface area is 155 Å². The van der Waals surface area contributed by atoms with E-state index in [-0.39, 0.29) is 18.1 Å². The average Bonchev–Trinajstić information content (AvgIpc) is 2.62. The van der Waals surface area contributed by atoms with Gasteiger partial charge >= 0.3 is 0 Å². The number of nitrogens with one attached hydrogen (secondary N) is 1. The molecule has 3 aromatic rings. The topological polar surface area (TPSA) is 54.9 Å². The first kappa shape index (κ1) is 17.3. The number of hydrogen-bond donors (Lipinski definition) is 1. The van der Waals surface area contributed by atoms with Gasteiger partial charge in [0.1, 0.15) is 11.6 Å². The normalized spacial score (nSPS) is 16.1. The fraction of sp³-hybridized carbons (Fsp3) is 0.190. The molecule has 4 nitrogen and oxygen atoms in total. The molecule has 4 rings (SSSR count). The molecule has 0 radical (unpaired) electrons. The minimum absolute atomic E-state index is 0.118. The van der Waals surface area contributed by atoms with Crippen LogP contribution in [-0.2, 0) is 6.42 Å². The van der Waals surface area contributed by atoms with Crippen LogP contribution in [0.4, 0.5) is 20.4 Å². The lowest BCUT2D eigenvalue weighted by Crippen LogP contribution is -2.21. The van der Waals surface area contributed by atoms with Crippen LogP contribution in [0.5, 0.6) is 0 Å². The second kappa shape index (κ2) is 6.87. The first-order chi connectivity index (χ1) is 13.0. The Hall–Kier alpha value is -3.15. The first-order valence-corrected chi connectivity index (χ1v) is 8.67. The summed E-state index contributed by atoms with van der Waals surface area (Å²) in [5.41, 5.74) is 3.51. The molecule has 1 heterocycles. The van der Waals surface area contributed by atoms with E-state index in [1.807, 2.05) is 31.2 Å². The monoisotopic (exact) mass is 365 g/mol. The predicted octanol–water partition coefficient (Wildman–Crippen LogP) is 4.72. The zero-order valence-corrected chi connectivity index (χ0v) is 14.7. The maximum Gasteiger partial charge on any atom is 0.227 e. The lowest BCUT2D eigenvalue weighted by atomic mass is 9.82. The van der Waals surface area contributed by atoms with Crippen LogP contribution in [0.3, 0.4) is 0 Å². The highest BCUT2D eigenvalue weighted by Crippen LogP contribution is 2.33. The number of benzene rings is 2. The number of ketones is 1. The van der Waals surface area contributed by atoms with Gasteiger partial charge in [0, 0.05) is 24.4 Å². The van der Waals surface area contributed by atoms with Crippen molar-refractivity contribution >= 4 is 17.4 Å². The zero-order chi connectivity index (χ0) is 19.0. The van der Waals surface area contributed by atoms with E-state index in [1.165, 1.54) is 18.3 Å². The molecule has 1 aliphatic rings. The van der Waals surface area contributed by atoms with Crippen LogP contribution in [0.1, 0.15) is 39.5 Å². The second-order valence-electron chi connectivity index (χ2n) is 6.78. The van der Waals surface area contributed by atoms with Gasteiger partial charge in [0.25, 0.3) is 0 Å². The molecule has 0 spiro atoms. The molecule has 0 unspecified atom stereocenters. The molecule has 27 heavy (non-hydrogen) atoms. The largest absolute Gasteiger partial charge is 0.324 e. The molecular formula is C21H17F2N3O. The van der Waals surface area contributed by atoms with E-state index in [4.69, 9.17) is 0 Å². The molecule has 0 bridgehead atoms. The number of fused-ring (bicyclic) bond motifs is 1. The van der Waals surface area contributed by atoms with Gasteiger partial charge in [0.2, 0.25) is 5.95 Å². The fourth-order valence-electron chi connectivity index (χ4n) is 3.32. The van der Waals surface area contributed by atoms with Crippen LogP contribution < -0.4 is 5.32 Å². The smallest absolute Gasteiger partial charge is 0.227 e. The molecule has 0 saturated heterocycles. The van der Waals surface area contributed by atoms with E-state index in [0.717, 1.165) is 17.3 Å². The van der Waals surface area contributed by atoms with Crippen LogP contribution in [0, 0.1) is 18.6 Å². The highest BCUT2D eigenvalue weighted by molar-refractivity contribution is 5.98. The van der Waals surface area contributed by atoms with Crippen LogP contribution in [0.2, 0.25) is 0 Å². The van der Waals surface area contributed by atoms with E-state index < -0.39 is 11.6 Å². The molecule has 1 atom stereocenters. The number of rotatable bonds is 3. The summed E-state index contributed by atoms with van der Waals surface area (Å²) in [4.78, 5) is 21.2. The van der Waals surface area contributed by atoms with E-state index in [0.29, 0.717) is 29.2 Å². The minimum Gasteiger partial charge on any atom is -0.324 e. The summed E-state index contributed by atoms with van der Waals surface area (Å²) in [6.45, 7) is 2.00. The quantitative estimate of drug-likeness (QED) is 0.730. The maximum atomic E-state index is 13.6. The molecule has 136 valence electrons. The van der Waals surface area contributed by atoms with Gasteiger partial charge in [-0.2, -0.15) is 0 Å². The van der Waals surface area contributed by atoms with Crippen molar-refractivity contribution in [2.45, 2.75) is 25.7 Å². The Morgan fingerprint density at radius 2 is 1.74 bits per heavy atom. The number of aromatic nitrogens is 2. The van der Waals surface area contributed by atoms with Crippen LogP contribution in [0.25, 0.3) is 0 Å². The Morgan fingerprint density at radius 1 is 1.04 bits per heavy atom. The summed E-state index contributed by atoms with van der Waals surface area (Å²) in [5.74, 6) is -1.33. The van der Waals surface area contributed by atoms with Gasteiger partial charge in [0.15, 0.2) is 5.78 Å². The number of carbonyl (C=O) groups is 1. The molecule has 1 aromatic heterocycles. The Balaban J connectivity index is 1.62. The third-order valence-electron chi connectivity index (χ3n) is 4.70. The SMILES string of the molecule is Cc1ccc(Nc2ncc3c(n2)C[C@H](c2cc(F)cc(F)c2)CC3=O)cc1. The third kappa shape index (κ3) is 3.69. The Bertz CT molecular complexity index is 998. The minimum atomic E-state index is -0.646. The predicted molar refractivity (Wildman–Crippen MR) is 98.2 cm³/mol. The van der Waals surface area contributed by atoms with Crippen LogP contribution >= 0.6 is 0 Å². The van der Waals surface area contributed by atoms with Crippen molar-refractivity contribution < 1.29 is 13.6 Å². The third-order valence-corrected chi connectivity index (χ3v) is 4.70. The molecule has 2 aromatic carbocycles. The van der Waals surface area contributed by atoms with Crippen molar-refractivity contribution in [2.24, 2.45) is 0 Å². The van der Waals surface area contributed by atoms with E-state index in [2.05, 4.69) is 15.3 Å². The van der Waals surface area contributed by atoms with Crippen molar-refractivity contribution in [3.63, 3.8) is 0 Å². The van der Waals surface area contributed by atoms with Crippen molar-refractivity contribution in [2.75, 3.05) is 5.32 Å². The summed E-state index contributed by atoms with van der Waals surface area (Å²) >= 11 is 0. The number of nitrogens with zero attached hydrogens (tertiary/aromatic N) is 2. The number of hydrogen-bond acceptors (Lipinski definition) is 4. The van der Waals surface area contributed by atoms with Gasteiger partial charge in [-0.25, -0.2) is 18.7 Å². The van der Waals surface area contributed by atoms with Crippen molar-refractivity contribution in [3.8, 4) is 0 Å². The molecule has 0 saturated carbocycles. The highest BCUT2D eigenvalue weighted by Gasteiger charge is 2.28. The number of aryl methyl sites for hydroxylation is 1. The van der Waals surface area contributed by atoms with Crippen LogP contribution in [-0.4, -0.2) is 15.8 Å². The molecule has 0 fully saturated rings. The summed E-state index contributed by atoms with van der Waals surface area (Å²) in [5, 5.41) is 3.12. The van der Waals surface area contributed by atoms with Crippen molar-refractivity contribution in [1.29, 1.82) is 0 Å². The van der Waals surface area contributed by atoms with Gasteiger partial charge < -0.3 is 5.32 Å². The summed E-state index contributed by atoms with van der Waals surface area (Å²) in [6, 6.07) is 11.2. The van der Waals surface area contributed by atoms with Crippen LogP contribution in [0.15, 0.2) is 48.7 Å². The summed E-state index contributed by atoms with van der Waals surface area (Å²) in [6.07, 6.45) is 2.13. The molecule has 1 N–H and O–H groups in total. The standard InChI is InChI=1S/C21H17F2N3O/c1-12-2-4-17(5-3-12)25-21-24-11-18-19(26-21)8-14(9-20(18)27)13-6-15(22)10-16(23)7-13/h2-7,10-11,14H,8-9H2,1H3,(H,24,25,26)/t14-/m0/s1. The number of carbonyl (C=O) groups excluding carboxylic acids is 1. The van der Waals surface area contributed by atoms with Crippen molar-refractivity contribution in [3.05, 3.63) is 82.7 Å². The summed E-state index contributed by atoms with van der Waals surface area (Å²) in [7, 11) is 0. The Morgan fingerprint density at radius 3 is 2.44 bits per heavy atom. The van der Waals surface area contributed by atoms with Crippen molar-refractivity contribution in [1.82, 2.24) is 9.97 Å². The molecule has 0 amide bonds. The average molecular weight is 365 g/mol. The maximum absolute atomic E-state index is 13.6. The van der Waals surface area contributed by atoms with Gasteiger partial charge in [-0.05, 0) is 49.1 Å². The van der Waals surface area contributed by atoms with Gasteiger partial charge in [-0.15, -0.1) is 0 Å². The van der Waals surface area contributed by atoms with E-state index >= 15 is 0 Å². The fourth-order valence-corrected chi connectivity index (χ4v) is 3.32. The lowest BCUT2D eigenvalue weighted by Gasteiger charge is -2.23. The lowest BCUT2D eigenvalue weighted by molar-refractivity contribution is 0.0962. The molecule has 6 heteroatoms. The van der Waals surface area contributed by atoms with E-state index in [1.54, 1.807) is 0 Å². The number of anilines is 2. The van der Waals surface area contributed by atoms with Gasteiger partial charge in [-0.1, -0.05) is 17.7 Å². The zero-order valence-electron chi connectivity index (χ0n) is 14.7. The summed E-state index contributed by atoms with van der Waals surface area (Å²) < 4.78 is 27.1. The first-order valence-electron chi connectivity index (χ1n) is 8.67. The second-order valence-corrected chi connectivity index (χ2v) is 6.78. The molecule has 0 aliphatic heterocycles. The molecular weight excluding hydrogens is 348 g/mol. The van der Waals surface area contributed by atoms with E-state index in [9.17, 15) is 13.6 Å². The number of Topliss-reactive ketones (excluding diaryl/α,β-unsaturated/α-hetero) is 1. The Kier molecular flexibility index (Phi) is 4.39. The molecule has 1 aliphatic carbocycles. The van der Waals surface area contributed by atoms with Gasteiger partial charge in [0.05, 0.1) is 11.3 Å². The van der Waals surface area contributed by atoms with Gasteiger partial charge in [-0.3, -0.25) is 4.79 Å². The highest BCUT2D eigenvalue weighted by atomic mass is 19.1. The number of halogens is 2.